The molecule has 0 atom stereocenters. The van der Waals surface area contributed by atoms with Gasteiger partial charge in [0.15, 0.2) is 0 Å². The maximum Gasteiger partial charge on any atom is -0.00974 e. The Balaban J connectivity index is 2.47. The SMILES string of the molecule is CCCCC(C)(C)c1cccc2ccccc12. The van der Waals surface area contributed by atoms with E-state index in [-0.39, 0.29) is 5.41 Å². The molecule has 0 nitrogen and oxygen atoms in total. The first-order chi connectivity index (χ1) is 8.15. The lowest BCUT2D eigenvalue weighted by atomic mass is 9.78. The van der Waals surface area contributed by atoms with Gasteiger partial charge in [0.05, 0.1) is 0 Å². The van der Waals surface area contributed by atoms with Crippen molar-refractivity contribution >= 4 is 10.8 Å². The third-order valence-corrected chi connectivity index (χ3v) is 3.67. The van der Waals surface area contributed by atoms with E-state index in [1.54, 1.807) is 0 Å². The number of benzene rings is 2. The predicted octanol–water partition coefficient (Wildman–Crippen LogP) is 5.31. The van der Waals surface area contributed by atoms with Gasteiger partial charge in [-0.2, -0.15) is 0 Å². The molecule has 0 amide bonds. The first-order valence-corrected chi connectivity index (χ1v) is 6.63. The Morgan fingerprint density at radius 1 is 0.941 bits per heavy atom. The Hall–Kier alpha value is -1.30. The van der Waals surface area contributed by atoms with E-state index in [1.807, 2.05) is 0 Å². The van der Waals surface area contributed by atoms with E-state index in [0.717, 1.165) is 0 Å². The number of unbranched alkanes of at least 4 members (excludes halogenated alkanes) is 1. The Morgan fingerprint density at radius 2 is 1.65 bits per heavy atom. The van der Waals surface area contributed by atoms with Crippen LogP contribution in [0.25, 0.3) is 10.8 Å². The second-order valence-electron chi connectivity index (χ2n) is 5.51. The minimum Gasteiger partial charge on any atom is -0.0654 e. The highest BCUT2D eigenvalue weighted by Crippen LogP contribution is 2.34. The number of hydrogen-bond donors (Lipinski definition) is 0. The van der Waals surface area contributed by atoms with Gasteiger partial charge in [-0.05, 0) is 28.2 Å². The number of fused-ring (bicyclic) bond motifs is 1. The molecule has 90 valence electrons. The number of hydrogen-bond acceptors (Lipinski definition) is 0. The second-order valence-corrected chi connectivity index (χ2v) is 5.51. The molecule has 0 aliphatic carbocycles. The van der Waals surface area contributed by atoms with Crippen LogP contribution in [-0.2, 0) is 5.41 Å². The van der Waals surface area contributed by atoms with Crippen molar-refractivity contribution in [3.8, 4) is 0 Å². The van der Waals surface area contributed by atoms with E-state index >= 15 is 0 Å². The fourth-order valence-electron chi connectivity index (χ4n) is 2.57. The molecular formula is C17H22. The van der Waals surface area contributed by atoms with Crippen LogP contribution in [0, 0.1) is 0 Å². The van der Waals surface area contributed by atoms with Crippen LogP contribution in [0.2, 0.25) is 0 Å². The third kappa shape index (κ3) is 2.52. The Labute approximate surface area is 105 Å². The zero-order valence-electron chi connectivity index (χ0n) is 11.2. The minimum atomic E-state index is 0.275. The van der Waals surface area contributed by atoms with Crippen molar-refractivity contribution in [3.63, 3.8) is 0 Å². The summed E-state index contributed by atoms with van der Waals surface area (Å²) in [4.78, 5) is 0. The lowest BCUT2D eigenvalue weighted by Crippen LogP contribution is -2.17. The van der Waals surface area contributed by atoms with Gasteiger partial charge < -0.3 is 0 Å². The van der Waals surface area contributed by atoms with E-state index in [2.05, 4.69) is 63.2 Å². The van der Waals surface area contributed by atoms with Crippen molar-refractivity contribution in [1.29, 1.82) is 0 Å². The summed E-state index contributed by atoms with van der Waals surface area (Å²) >= 11 is 0. The van der Waals surface area contributed by atoms with Gasteiger partial charge in [-0.25, -0.2) is 0 Å². The van der Waals surface area contributed by atoms with E-state index in [1.165, 1.54) is 35.6 Å². The molecule has 0 saturated carbocycles. The molecule has 17 heavy (non-hydrogen) atoms. The molecule has 0 aliphatic heterocycles. The first kappa shape index (κ1) is 12.2. The van der Waals surface area contributed by atoms with Crippen LogP contribution in [0.5, 0.6) is 0 Å². The summed E-state index contributed by atoms with van der Waals surface area (Å²) in [5, 5.41) is 2.77. The molecule has 0 spiro atoms. The summed E-state index contributed by atoms with van der Waals surface area (Å²) in [6.45, 7) is 6.99. The van der Waals surface area contributed by atoms with E-state index < -0.39 is 0 Å². The zero-order valence-corrected chi connectivity index (χ0v) is 11.2. The first-order valence-electron chi connectivity index (χ1n) is 6.63. The highest BCUT2D eigenvalue weighted by atomic mass is 14.3. The standard InChI is InChI=1S/C17H22/c1-4-5-13-17(2,3)16-12-8-10-14-9-6-7-11-15(14)16/h6-12H,4-5,13H2,1-3H3. The third-order valence-electron chi connectivity index (χ3n) is 3.67. The van der Waals surface area contributed by atoms with E-state index in [0.29, 0.717) is 0 Å². The van der Waals surface area contributed by atoms with E-state index in [9.17, 15) is 0 Å². The Kier molecular flexibility index (Phi) is 3.51. The fourth-order valence-corrected chi connectivity index (χ4v) is 2.57. The molecule has 2 rings (SSSR count). The van der Waals surface area contributed by atoms with Gasteiger partial charge in [-0.15, -0.1) is 0 Å². The van der Waals surface area contributed by atoms with Crippen molar-refractivity contribution in [1.82, 2.24) is 0 Å². The molecule has 0 aromatic heterocycles. The smallest absolute Gasteiger partial charge is 0.00974 e. The van der Waals surface area contributed by atoms with Crippen molar-refractivity contribution < 1.29 is 0 Å². The van der Waals surface area contributed by atoms with Gasteiger partial charge in [0.25, 0.3) is 0 Å². The van der Waals surface area contributed by atoms with Gasteiger partial charge in [0.2, 0.25) is 0 Å². The van der Waals surface area contributed by atoms with E-state index in [4.69, 9.17) is 0 Å². The molecule has 2 aromatic rings. The van der Waals surface area contributed by atoms with Crippen LogP contribution in [0.15, 0.2) is 42.5 Å². The van der Waals surface area contributed by atoms with Gasteiger partial charge in [0, 0.05) is 0 Å². The molecule has 0 heterocycles. The van der Waals surface area contributed by atoms with Crippen LogP contribution >= 0.6 is 0 Å². The molecule has 0 fully saturated rings. The summed E-state index contributed by atoms with van der Waals surface area (Å²) in [7, 11) is 0. The lowest BCUT2D eigenvalue weighted by Gasteiger charge is -2.26. The molecule has 0 radical (unpaired) electrons. The second kappa shape index (κ2) is 4.91. The maximum atomic E-state index is 2.37. The van der Waals surface area contributed by atoms with Crippen LogP contribution < -0.4 is 0 Å². The lowest BCUT2D eigenvalue weighted by molar-refractivity contribution is 0.461. The van der Waals surface area contributed by atoms with Gasteiger partial charge >= 0.3 is 0 Å². The monoisotopic (exact) mass is 226 g/mol. The van der Waals surface area contributed by atoms with Crippen molar-refractivity contribution in [2.24, 2.45) is 0 Å². The molecule has 0 N–H and O–H groups in total. The highest BCUT2D eigenvalue weighted by Gasteiger charge is 2.21. The van der Waals surface area contributed by atoms with Crippen molar-refractivity contribution in [3.05, 3.63) is 48.0 Å². The Morgan fingerprint density at radius 3 is 2.41 bits per heavy atom. The van der Waals surface area contributed by atoms with Gasteiger partial charge in [0.1, 0.15) is 0 Å². The van der Waals surface area contributed by atoms with Gasteiger partial charge in [-0.1, -0.05) is 76.1 Å². The summed E-state index contributed by atoms with van der Waals surface area (Å²) in [6.07, 6.45) is 3.84. The molecule has 0 bridgehead atoms. The van der Waals surface area contributed by atoms with Gasteiger partial charge in [-0.3, -0.25) is 0 Å². The predicted molar refractivity (Wildman–Crippen MR) is 76.5 cm³/mol. The molecule has 0 aliphatic rings. The molecular weight excluding hydrogens is 204 g/mol. The average Bonchev–Trinajstić information content (AvgIpc) is 2.36. The summed E-state index contributed by atoms with van der Waals surface area (Å²) in [6, 6.07) is 15.4. The average molecular weight is 226 g/mol. The van der Waals surface area contributed by atoms with Crippen molar-refractivity contribution in [2.45, 2.75) is 45.4 Å². The molecule has 0 unspecified atom stereocenters. The van der Waals surface area contributed by atoms with Crippen LogP contribution in [0.1, 0.15) is 45.6 Å². The van der Waals surface area contributed by atoms with Crippen LogP contribution in [0.3, 0.4) is 0 Å². The summed E-state index contributed by atoms with van der Waals surface area (Å²) in [5.74, 6) is 0. The summed E-state index contributed by atoms with van der Waals surface area (Å²) in [5.41, 5.74) is 1.76. The minimum absolute atomic E-state index is 0.275. The van der Waals surface area contributed by atoms with Crippen LogP contribution in [-0.4, -0.2) is 0 Å². The molecule has 0 saturated heterocycles. The summed E-state index contributed by atoms with van der Waals surface area (Å²) < 4.78 is 0. The zero-order chi connectivity index (χ0) is 12.3. The van der Waals surface area contributed by atoms with Crippen molar-refractivity contribution in [2.75, 3.05) is 0 Å². The van der Waals surface area contributed by atoms with Crippen LogP contribution in [0.4, 0.5) is 0 Å². The fraction of sp³-hybridized carbons (Fsp3) is 0.412. The number of rotatable bonds is 4. The highest BCUT2D eigenvalue weighted by molar-refractivity contribution is 5.86. The maximum absolute atomic E-state index is 2.37. The molecule has 0 heteroatoms. The Bertz CT molecular complexity index is 489. The topological polar surface area (TPSA) is 0 Å². The largest absolute Gasteiger partial charge is 0.0654 e. The normalized spacial score (nSPS) is 11.9. The molecule has 2 aromatic carbocycles. The quantitative estimate of drug-likeness (QED) is 0.663.